The fourth-order valence-corrected chi connectivity index (χ4v) is 2.17. The van der Waals surface area contributed by atoms with Gasteiger partial charge in [0.2, 0.25) is 0 Å². The Kier molecular flexibility index (Phi) is 5.21. The van der Waals surface area contributed by atoms with Crippen LogP contribution in [0.2, 0.25) is 0 Å². The number of nitrogens with zero attached hydrogens (tertiary/aromatic N) is 2. The highest BCUT2D eigenvalue weighted by Gasteiger charge is 2.22. The Labute approximate surface area is 128 Å². The van der Waals surface area contributed by atoms with Crippen LogP contribution in [0.4, 0.5) is 5.69 Å². The fraction of sp³-hybridized carbons (Fsp3) is 0.188. The summed E-state index contributed by atoms with van der Waals surface area (Å²) in [7, 11) is 2.97. The molecule has 0 aliphatic rings. The summed E-state index contributed by atoms with van der Waals surface area (Å²) in [6.07, 6.45) is -0.567. The van der Waals surface area contributed by atoms with Crippen LogP contribution in [0.1, 0.15) is 17.2 Å². The normalized spacial score (nSPS) is 12.7. The van der Waals surface area contributed by atoms with Crippen molar-refractivity contribution < 1.29 is 14.5 Å². The van der Waals surface area contributed by atoms with Gasteiger partial charge in [-0.3, -0.25) is 10.1 Å². The van der Waals surface area contributed by atoms with Crippen molar-refractivity contribution in [2.24, 2.45) is 5.16 Å². The zero-order chi connectivity index (χ0) is 15.9. The minimum atomic E-state index is -0.567. The van der Waals surface area contributed by atoms with Crippen LogP contribution in [0.25, 0.3) is 0 Å². The van der Waals surface area contributed by atoms with Gasteiger partial charge in [0.15, 0.2) is 0 Å². The Morgan fingerprint density at radius 2 is 1.86 bits per heavy atom. The standard InChI is InChI=1S/C16H16N2O4/c1-21-16(13-9-6-10-14(11-13)18(19)20)15(17-22-2)12-7-4-3-5-8-12/h3-11,16H,1-2H3/b17-15-. The second-order valence-electron chi connectivity index (χ2n) is 4.49. The van der Waals surface area contributed by atoms with E-state index in [4.69, 9.17) is 9.57 Å². The highest BCUT2D eigenvalue weighted by molar-refractivity contribution is 6.04. The minimum Gasteiger partial charge on any atom is -0.399 e. The molecular formula is C16H16N2O4. The molecule has 0 radical (unpaired) electrons. The number of hydrogen-bond acceptors (Lipinski definition) is 5. The molecule has 0 bridgehead atoms. The summed E-state index contributed by atoms with van der Waals surface area (Å²) in [5.41, 5.74) is 2.01. The third-order valence-electron chi connectivity index (χ3n) is 3.13. The highest BCUT2D eigenvalue weighted by Crippen LogP contribution is 2.26. The van der Waals surface area contributed by atoms with E-state index >= 15 is 0 Å². The summed E-state index contributed by atoms with van der Waals surface area (Å²) >= 11 is 0. The molecule has 22 heavy (non-hydrogen) atoms. The number of hydrogen-bond donors (Lipinski definition) is 0. The van der Waals surface area contributed by atoms with Crippen molar-refractivity contribution in [2.75, 3.05) is 14.2 Å². The number of ether oxygens (including phenoxy) is 1. The van der Waals surface area contributed by atoms with Crippen LogP contribution < -0.4 is 0 Å². The van der Waals surface area contributed by atoms with E-state index in [2.05, 4.69) is 5.16 Å². The number of oxime groups is 1. The Morgan fingerprint density at radius 1 is 1.14 bits per heavy atom. The molecule has 0 spiro atoms. The van der Waals surface area contributed by atoms with Gasteiger partial charge in [0, 0.05) is 24.8 Å². The van der Waals surface area contributed by atoms with E-state index in [1.54, 1.807) is 12.1 Å². The number of rotatable bonds is 6. The van der Waals surface area contributed by atoms with Gasteiger partial charge in [-0.15, -0.1) is 0 Å². The first kappa shape index (κ1) is 15.7. The van der Waals surface area contributed by atoms with Crippen molar-refractivity contribution in [1.82, 2.24) is 0 Å². The number of methoxy groups -OCH3 is 1. The second kappa shape index (κ2) is 7.33. The lowest BCUT2D eigenvalue weighted by Crippen LogP contribution is -2.16. The molecule has 2 aromatic carbocycles. The molecule has 1 unspecified atom stereocenters. The zero-order valence-corrected chi connectivity index (χ0v) is 12.3. The molecule has 0 saturated heterocycles. The maximum atomic E-state index is 10.9. The minimum absolute atomic E-state index is 0.00405. The van der Waals surface area contributed by atoms with Crippen molar-refractivity contribution in [2.45, 2.75) is 6.10 Å². The van der Waals surface area contributed by atoms with Crippen LogP contribution in [-0.2, 0) is 9.57 Å². The summed E-state index contributed by atoms with van der Waals surface area (Å²) in [4.78, 5) is 15.4. The van der Waals surface area contributed by atoms with Gasteiger partial charge in [-0.1, -0.05) is 47.6 Å². The van der Waals surface area contributed by atoms with Gasteiger partial charge in [-0.25, -0.2) is 0 Å². The Balaban J connectivity index is 2.46. The monoisotopic (exact) mass is 300 g/mol. The summed E-state index contributed by atoms with van der Waals surface area (Å²) < 4.78 is 5.51. The maximum absolute atomic E-state index is 10.9. The molecule has 0 heterocycles. The van der Waals surface area contributed by atoms with E-state index in [1.807, 2.05) is 30.3 Å². The lowest BCUT2D eigenvalue weighted by Gasteiger charge is -2.18. The molecule has 6 heteroatoms. The smallest absolute Gasteiger partial charge is 0.269 e. The molecular weight excluding hydrogens is 284 g/mol. The van der Waals surface area contributed by atoms with E-state index in [-0.39, 0.29) is 5.69 Å². The Morgan fingerprint density at radius 3 is 2.45 bits per heavy atom. The number of benzene rings is 2. The predicted molar refractivity (Wildman–Crippen MR) is 82.8 cm³/mol. The molecule has 114 valence electrons. The summed E-state index contributed by atoms with van der Waals surface area (Å²) in [5.74, 6) is 0. The maximum Gasteiger partial charge on any atom is 0.269 e. The van der Waals surface area contributed by atoms with Crippen LogP contribution in [0.15, 0.2) is 59.8 Å². The van der Waals surface area contributed by atoms with Crippen LogP contribution in [0, 0.1) is 10.1 Å². The highest BCUT2D eigenvalue weighted by atomic mass is 16.6. The lowest BCUT2D eigenvalue weighted by atomic mass is 9.98. The second-order valence-corrected chi connectivity index (χ2v) is 4.49. The van der Waals surface area contributed by atoms with Crippen LogP contribution in [-0.4, -0.2) is 24.9 Å². The Hall–Kier alpha value is -2.73. The van der Waals surface area contributed by atoms with Gasteiger partial charge in [-0.05, 0) is 5.56 Å². The molecule has 6 nitrogen and oxygen atoms in total. The SMILES string of the molecule is CO/N=C(/c1ccccc1)C(OC)c1cccc([N+](=O)[O-])c1. The molecule has 0 aliphatic heterocycles. The van der Waals surface area contributed by atoms with Gasteiger partial charge < -0.3 is 9.57 Å². The molecule has 1 atom stereocenters. The zero-order valence-electron chi connectivity index (χ0n) is 12.3. The van der Waals surface area contributed by atoms with Gasteiger partial charge in [-0.2, -0.15) is 0 Å². The van der Waals surface area contributed by atoms with Crippen molar-refractivity contribution in [1.29, 1.82) is 0 Å². The summed E-state index contributed by atoms with van der Waals surface area (Å²) in [6.45, 7) is 0. The van der Waals surface area contributed by atoms with E-state index in [1.165, 1.54) is 26.4 Å². The van der Waals surface area contributed by atoms with Crippen molar-refractivity contribution >= 4 is 11.4 Å². The third kappa shape index (κ3) is 3.48. The number of nitro benzene ring substituents is 1. The van der Waals surface area contributed by atoms with E-state index in [9.17, 15) is 10.1 Å². The van der Waals surface area contributed by atoms with Crippen LogP contribution >= 0.6 is 0 Å². The van der Waals surface area contributed by atoms with E-state index in [0.717, 1.165) is 5.56 Å². The summed E-state index contributed by atoms with van der Waals surface area (Å²) in [6, 6.07) is 15.7. The van der Waals surface area contributed by atoms with Crippen molar-refractivity contribution in [3.63, 3.8) is 0 Å². The third-order valence-corrected chi connectivity index (χ3v) is 3.13. The topological polar surface area (TPSA) is 74.0 Å². The first-order chi connectivity index (χ1) is 10.7. The predicted octanol–water partition coefficient (Wildman–Crippen LogP) is 3.33. The molecule has 0 aromatic heterocycles. The van der Waals surface area contributed by atoms with Crippen LogP contribution in [0.5, 0.6) is 0 Å². The van der Waals surface area contributed by atoms with Gasteiger partial charge in [0.25, 0.3) is 5.69 Å². The average Bonchev–Trinajstić information content (AvgIpc) is 2.56. The number of nitro groups is 1. The Bertz CT molecular complexity index is 671. The first-order valence-electron chi connectivity index (χ1n) is 6.61. The number of non-ortho nitro benzene ring substituents is 1. The van der Waals surface area contributed by atoms with Gasteiger partial charge in [0.1, 0.15) is 18.9 Å². The largest absolute Gasteiger partial charge is 0.399 e. The first-order valence-corrected chi connectivity index (χ1v) is 6.61. The molecule has 0 amide bonds. The molecule has 0 saturated carbocycles. The van der Waals surface area contributed by atoms with Crippen molar-refractivity contribution in [3.05, 3.63) is 75.8 Å². The summed E-state index contributed by atoms with van der Waals surface area (Å²) in [5, 5.41) is 15.0. The lowest BCUT2D eigenvalue weighted by molar-refractivity contribution is -0.385. The fourth-order valence-electron chi connectivity index (χ4n) is 2.17. The molecule has 0 N–H and O–H groups in total. The molecule has 2 aromatic rings. The quantitative estimate of drug-likeness (QED) is 0.466. The van der Waals surface area contributed by atoms with Crippen molar-refractivity contribution in [3.8, 4) is 0 Å². The van der Waals surface area contributed by atoms with Gasteiger partial charge >= 0.3 is 0 Å². The molecule has 2 rings (SSSR count). The van der Waals surface area contributed by atoms with E-state index < -0.39 is 11.0 Å². The average molecular weight is 300 g/mol. The van der Waals surface area contributed by atoms with Crippen LogP contribution in [0.3, 0.4) is 0 Å². The molecule has 0 fully saturated rings. The van der Waals surface area contributed by atoms with E-state index in [0.29, 0.717) is 11.3 Å². The van der Waals surface area contributed by atoms with Gasteiger partial charge in [0.05, 0.1) is 4.92 Å². The molecule has 0 aliphatic carbocycles.